The van der Waals surface area contributed by atoms with Gasteiger partial charge in [0.25, 0.3) is 11.8 Å². The van der Waals surface area contributed by atoms with Crippen LogP contribution in [0.3, 0.4) is 0 Å². The summed E-state index contributed by atoms with van der Waals surface area (Å²) in [6.45, 7) is 2.95. The second kappa shape index (κ2) is 8.10. The van der Waals surface area contributed by atoms with Gasteiger partial charge in [-0.2, -0.15) is 0 Å². The van der Waals surface area contributed by atoms with E-state index in [-0.39, 0.29) is 41.6 Å². The molecule has 0 radical (unpaired) electrons. The molecule has 3 amide bonds. The number of amides is 3. The standard InChI is InChI=1S/C21H28N4O4/c1-13(26)21(29)24-11-15-9-16(12-24)18(25-17(15)3-2-4-19(25)27)10-23-20(28)14-5-7-22-8-6-14/h5-8,13,15-18,26H,2-4,9-12H2,1H3,(H,23,28)/t13-,15-,16+,17+,18+/m1/s1. The third-order valence-corrected chi connectivity index (χ3v) is 6.58. The summed E-state index contributed by atoms with van der Waals surface area (Å²) in [5.41, 5.74) is 0.532. The number of fused-ring (bicyclic) bond motifs is 4. The zero-order valence-corrected chi connectivity index (χ0v) is 16.7. The maximum atomic E-state index is 12.8. The van der Waals surface area contributed by atoms with Gasteiger partial charge in [-0.05, 0) is 50.2 Å². The molecule has 4 heterocycles. The monoisotopic (exact) mass is 400 g/mol. The van der Waals surface area contributed by atoms with E-state index in [0.29, 0.717) is 31.6 Å². The number of likely N-dealkylation sites (tertiary alicyclic amines) is 1. The summed E-state index contributed by atoms with van der Waals surface area (Å²) in [6, 6.07) is 3.27. The van der Waals surface area contributed by atoms with Crippen molar-refractivity contribution in [3.8, 4) is 0 Å². The van der Waals surface area contributed by atoms with E-state index in [0.717, 1.165) is 19.3 Å². The molecule has 5 atom stereocenters. The summed E-state index contributed by atoms with van der Waals surface area (Å²) >= 11 is 0. The summed E-state index contributed by atoms with van der Waals surface area (Å²) in [4.78, 5) is 45.4. The van der Waals surface area contributed by atoms with Gasteiger partial charge < -0.3 is 20.2 Å². The van der Waals surface area contributed by atoms with E-state index in [2.05, 4.69) is 10.3 Å². The Labute approximate surface area is 170 Å². The van der Waals surface area contributed by atoms with Crippen molar-refractivity contribution in [3.05, 3.63) is 30.1 Å². The SMILES string of the molecule is C[C@@H](O)C(=O)N1C[C@H]2C[C@@H](C1)[C@H](CNC(=O)c1ccncc1)N1C(=O)CCC[C@@H]21. The molecular formula is C21H28N4O4. The van der Waals surface area contributed by atoms with Gasteiger partial charge in [0.15, 0.2) is 0 Å². The minimum Gasteiger partial charge on any atom is -0.384 e. The predicted octanol–water partition coefficient (Wildman–Crippen LogP) is 0.420. The molecule has 1 aromatic heterocycles. The molecule has 0 unspecified atom stereocenters. The van der Waals surface area contributed by atoms with Crippen molar-refractivity contribution < 1.29 is 19.5 Å². The normalized spacial score (nSPS) is 29.8. The van der Waals surface area contributed by atoms with E-state index < -0.39 is 6.10 Å². The van der Waals surface area contributed by atoms with Crippen LogP contribution in [-0.2, 0) is 9.59 Å². The van der Waals surface area contributed by atoms with E-state index in [9.17, 15) is 19.5 Å². The highest BCUT2D eigenvalue weighted by Crippen LogP contribution is 2.41. The number of pyridine rings is 1. The molecule has 3 aliphatic rings. The molecule has 0 saturated carbocycles. The van der Waals surface area contributed by atoms with Crippen molar-refractivity contribution in [2.45, 2.75) is 50.8 Å². The second-order valence-electron chi connectivity index (χ2n) is 8.45. The van der Waals surface area contributed by atoms with E-state index >= 15 is 0 Å². The minimum absolute atomic E-state index is 0.0903. The van der Waals surface area contributed by atoms with Gasteiger partial charge in [-0.1, -0.05) is 0 Å². The minimum atomic E-state index is -1.03. The first-order chi connectivity index (χ1) is 14.0. The number of hydrogen-bond donors (Lipinski definition) is 2. The number of nitrogens with zero attached hydrogens (tertiary/aromatic N) is 3. The average Bonchev–Trinajstić information content (AvgIpc) is 2.73. The van der Waals surface area contributed by atoms with Crippen molar-refractivity contribution >= 4 is 17.7 Å². The number of aliphatic hydroxyl groups excluding tert-OH is 1. The fourth-order valence-corrected chi connectivity index (χ4v) is 5.28. The topological polar surface area (TPSA) is 103 Å². The Bertz CT molecular complexity index is 784. The molecule has 29 heavy (non-hydrogen) atoms. The molecule has 8 heteroatoms. The lowest BCUT2D eigenvalue weighted by molar-refractivity contribution is -0.158. The van der Waals surface area contributed by atoms with Crippen LogP contribution in [0, 0.1) is 11.8 Å². The van der Waals surface area contributed by atoms with E-state index in [1.807, 2.05) is 4.90 Å². The second-order valence-corrected chi connectivity index (χ2v) is 8.45. The summed E-state index contributed by atoms with van der Waals surface area (Å²) in [6.07, 6.45) is 5.39. The molecule has 0 aliphatic carbocycles. The number of carbonyl (C=O) groups excluding carboxylic acids is 3. The van der Waals surface area contributed by atoms with Crippen LogP contribution in [0.15, 0.2) is 24.5 Å². The predicted molar refractivity (Wildman–Crippen MR) is 105 cm³/mol. The summed E-state index contributed by atoms with van der Waals surface area (Å²) < 4.78 is 0. The van der Waals surface area contributed by atoms with E-state index in [4.69, 9.17) is 0 Å². The Balaban J connectivity index is 1.54. The Morgan fingerprint density at radius 3 is 2.72 bits per heavy atom. The molecule has 2 N–H and O–H groups in total. The number of rotatable bonds is 4. The highest BCUT2D eigenvalue weighted by atomic mass is 16.3. The van der Waals surface area contributed by atoms with Crippen LogP contribution in [-0.4, -0.2) is 75.4 Å². The third-order valence-electron chi connectivity index (χ3n) is 6.58. The first-order valence-electron chi connectivity index (χ1n) is 10.4. The Hall–Kier alpha value is -2.48. The van der Waals surface area contributed by atoms with Crippen LogP contribution >= 0.6 is 0 Å². The van der Waals surface area contributed by atoms with Crippen LogP contribution in [0.4, 0.5) is 0 Å². The molecule has 3 fully saturated rings. The molecule has 3 saturated heterocycles. The molecule has 0 aromatic carbocycles. The maximum absolute atomic E-state index is 12.8. The zero-order valence-electron chi connectivity index (χ0n) is 16.7. The lowest BCUT2D eigenvalue weighted by atomic mass is 9.72. The number of aromatic nitrogens is 1. The fourth-order valence-electron chi connectivity index (χ4n) is 5.28. The van der Waals surface area contributed by atoms with Gasteiger partial charge in [-0.15, -0.1) is 0 Å². The number of aliphatic hydroxyl groups is 1. The molecule has 3 aliphatic heterocycles. The van der Waals surface area contributed by atoms with Crippen LogP contribution in [0.2, 0.25) is 0 Å². The van der Waals surface area contributed by atoms with Crippen LogP contribution in [0.1, 0.15) is 43.0 Å². The molecule has 8 nitrogen and oxygen atoms in total. The summed E-state index contributed by atoms with van der Waals surface area (Å²) in [5.74, 6) is 0.0212. The molecule has 2 bridgehead atoms. The van der Waals surface area contributed by atoms with Crippen molar-refractivity contribution in [2.75, 3.05) is 19.6 Å². The highest BCUT2D eigenvalue weighted by Gasteiger charge is 2.50. The summed E-state index contributed by atoms with van der Waals surface area (Å²) in [7, 11) is 0. The lowest BCUT2D eigenvalue weighted by Crippen LogP contribution is -2.67. The van der Waals surface area contributed by atoms with Crippen LogP contribution < -0.4 is 5.32 Å². The smallest absolute Gasteiger partial charge is 0.251 e. The Kier molecular flexibility index (Phi) is 5.54. The van der Waals surface area contributed by atoms with Gasteiger partial charge in [0, 0.05) is 50.1 Å². The van der Waals surface area contributed by atoms with Gasteiger partial charge >= 0.3 is 0 Å². The molecule has 0 spiro atoms. The Morgan fingerprint density at radius 1 is 1.28 bits per heavy atom. The number of piperidine rings is 3. The van der Waals surface area contributed by atoms with Crippen molar-refractivity contribution in [1.82, 2.24) is 20.1 Å². The van der Waals surface area contributed by atoms with Crippen molar-refractivity contribution in [2.24, 2.45) is 11.8 Å². The molecule has 156 valence electrons. The maximum Gasteiger partial charge on any atom is 0.251 e. The van der Waals surface area contributed by atoms with Crippen LogP contribution in [0.5, 0.6) is 0 Å². The van der Waals surface area contributed by atoms with Gasteiger partial charge in [0.2, 0.25) is 5.91 Å². The Morgan fingerprint density at radius 2 is 2.00 bits per heavy atom. The number of nitrogens with one attached hydrogen (secondary N) is 1. The van der Waals surface area contributed by atoms with Gasteiger partial charge in [0.05, 0.1) is 6.04 Å². The fraction of sp³-hybridized carbons (Fsp3) is 0.619. The van der Waals surface area contributed by atoms with Crippen LogP contribution in [0.25, 0.3) is 0 Å². The first kappa shape index (κ1) is 19.8. The number of carbonyl (C=O) groups is 3. The van der Waals surface area contributed by atoms with Gasteiger partial charge in [-0.3, -0.25) is 19.4 Å². The molecule has 1 aromatic rings. The highest BCUT2D eigenvalue weighted by molar-refractivity contribution is 5.94. The van der Waals surface area contributed by atoms with Crippen molar-refractivity contribution in [1.29, 1.82) is 0 Å². The number of hydrogen-bond acceptors (Lipinski definition) is 5. The molecule has 4 rings (SSSR count). The van der Waals surface area contributed by atoms with Gasteiger partial charge in [-0.25, -0.2) is 0 Å². The largest absolute Gasteiger partial charge is 0.384 e. The summed E-state index contributed by atoms with van der Waals surface area (Å²) in [5, 5.41) is 12.7. The average molecular weight is 400 g/mol. The van der Waals surface area contributed by atoms with Crippen molar-refractivity contribution in [3.63, 3.8) is 0 Å². The van der Waals surface area contributed by atoms with Gasteiger partial charge in [0.1, 0.15) is 6.10 Å². The third kappa shape index (κ3) is 3.85. The zero-order chi connectivity index (χ0) is 20.5. The first-order valence-corrected chi connectivity index (χ1v) is 10.4. The molecular weight excluding hydrogens is 372 g/mol. The van der Waals surface area contributed by atoms with E-state index in [1.165, 1.54) is 6.92 Å². The lowest BCUT2D eigenvalue weighted by Gasteiger charge is -2.56. The quantitative estimate of drug-likeness (QED) is 0.763. The van der Waals surface area contributed by atoms with E-state index in [1.54, 1.807) is 29.4 Å².